The van der Waals surface area contributed by atoms with Crippen LogP contribution in [-0.2, 0) is 9.59 Å². The third kappa shape index (κ3) is 1.95. The highest BCUT2D eigenvalue weighted by atomic mass is 16.4. The molecule has 0 aliphatic heterocycles. The monoisotopic (exact) mass is 266 g/mol. The number of carbonyl (C=O) groups is 2. The first-order chi connectivity index (χ1) is 9.03. The molecule has 2 bridgehead atoms. The average Bonchev–Trinajstić information content (AvgIpc) is 3.03. The van der Waals surface area contributed by atoms with Crippen LogP contribution in [0.4, 0.5) is 0 Å². The summed E-state index contributed by atoms with van der Waals surface area (Å²) in [5.74, 6) is -0.355. The Bertz CT molecular complexity index is 401. The van der Waals surface area contributed by atoms with Crippen molar-refractivity contribution in [2.75, 3.05) is 0 Å². The van der Waals surface area contributed by atoms with Crippen LogP contribution < -0.4 is 11.1 Å². The van der Waals surface area contributed by atoms with E-state index in [1.165, 1.54) is 0 Å². The highest BCUT2D eigenvalue weighted by Crippen LogP contribution is 2.48. The largest absolute Gasteiger partial charge is 0.480 e. The van der Waals surface area contributed by atoms with E-state index in [4.69, 9.17) is 5.73 Å². The Balaban J connectivity index is 1.73. The molecule has 3 aliphatic rings. The summed E-state index contributed by atoms with van der Waals surface area (Å²) in [7, 11) is 0. The van der Waals surface area contributed by atoms with Gasteiger partial charge in [0, 0.05) is 6.04 Å². The van der Waals surface area contributed by atoms with Crippen LogP contribution in [0.25, 0.3) is 0 Å². The number of nitrogens with one attached hydrogen (secondary N) is 1. The smallest absolute Gasteiger partial charge is 0.329 e. The first kappa shape index (κ1) is 12.9. The van der Waals surface area contributed by atoms with E-state index in [1.807, 2.05) is 0 Å². The van der Waals surface area contributed by atoms with Crippen LogP contribution in [0, 0.1) is 17.8 Å². The number of nitrogens with two attached hydrogens (primary N) is 1. The van der Waals surface area contributed by atoms with E-state index in [9.17, 15) is 14.7 Å². The molecule has 3 rings (SSSR count). The van der Waals surface area contributed by atoms with Crippen molar-refractivity contribution < 1.29 is 14.7 Å². The molecule has 4 atom stereocenters. The Morgan fingerprint density at radius 3 is 2.32 bits per heavy atom. The summed E-state index contributed by atoms with van der Waals surface area (Å²) in [5.41, 5.74) is 5.12. The molecule has 3 saturated carbocycles. The molecule has 3 aliphatic carbocycles. The molecule has 106 valence electrons. The van der Waals surface area contributed by atoms with Gasteiger partial charge in [-0.25, -0.2) is 4.79 Å². The second kappa shape index (κ2) is 4.47. The summed E-state index contributed by atoms with van der Waals surface area (Å²) < 4.78 is 0. The van der Waals surface area contributed by atoms with Crippen LogP contribution in [0.5, 0.6) is 0 Å². The molecule has 0 radical (unpaired) electrons. The molecule has 0 heterocycles. The molecule has 4 unspecified atom stereocenters. The van der Waals surface area contributed by atoms with Crippen LogP contribution in [0.15, 0.2) is 0 Å². The summed E-state index contributed by atoms with van der Waals surface area (Å²) in [6, 6.07) is -0.0778. The fourth-order valence-corrected chi connectivity index (χ4v) is 4.41. The highest BCUT2D eigenvalue weighted by Gasteiger charge is 2.51. The number of fused-ring (bicyclic) bond motifs is 2. The number of carbonyl (C=O) groups excluding carboxylic acids is 1. The molecule has 19 heavy (non-hydrogen) atoms. The van der Waals surface area contributed by atoms with Gasteiger partial charge in [-0.1, -0.05) is 12.8 Å². The molecule has 4 N–H and O–H groups in total. The molecule has 0 aromatic heterocycles. The lowest BCUT2D eigenvalue weighted by molar-refractivity contribution is -0.148. The van der Waals surface area contributed by atoms with E-state index < -0.39 is 11.5 Å². The zero-order valence-electron chi connectivity index (χ0n) is 11.1. The fraction of sp³-hybridized carbons (Fsp3) is 0.857. The standard InChI is InChI=1S/C14H22N2O3/c15-11-9-4-3-8(7-9)10(11)12(17)16-14(13(18)19)5-1-2-6-14/h8-11H,1-7,15H2,(H,16,17)(H,18,19). The number of carboxylic acid groups (broad SMARTS) is 1. The van der Waals surface area contributed by atoms with Crippen molar-refractivity contribution in [2.45, 2.75) is 56.5 Å². The Hall–Kier alpha value is -1.10. The molecular weight excluding hydrogens is 244 g/mol. The van der Waals surface area contributed by atoms with Crippen molar-refractivity contribution >= 4 is 11.9 Å². The zero-order chi connectivity index (χ0) is 13.6. The molecule has 3 fully saturated rings. The number of aliphatic carboxylic acids is 1. The van der Waals surface area contributed by atoms with E-state index in [1.54, 1.807) is 0 Å². The second-order valence-corrected chi connectivity index (χ2v) is 6.52. The Morgan fingerprint density at radius 2 is 1.79 bits per heavy atom. The van der Waals surface area contributed by atoms with Crippen molar-refractivity contribution in [3.63, 3.8) is 0 Å². The lowest BCUT2D eigenvalue weighted by Crippen LogP contribution is -2.57. The maximum Gasteiger partial charge on any atom is 0.329 e. The maximum atomic E-state index is 12.5. The van der Waals surface area contributed by atoms with Gasteiger partial charge in [0.25, 0.3) is 0 Å². The van der Waals surface area contributed by atoms with Crippen LogP contribution in [0.3, 0.4) is 0 Å². The lowest BCUT2D eigenvalue weighted by Gasteiger charge is -2.32. The van der Waals surface area contributed by atoms with Crippen molar-refractivity contribution in [1.82, 2.24) is 5.32 Å². The van der Waals surface area contributed by atoms with Crippen LogP contribution in [0.1, 0.15) is 44.9 Å². The van der Waals surface area contributed by atoms with Gasteiger partial charge in [0.2, 0.25) is 5.91 Å². The van der Waals surface area contributed by atoms with Gasteiger partial charge in [0.15, 0.2) is 0 Å². The van der Waals surface area contributed by atoms with Crippen molar-refractivity contribution in [2.24, 2.45) is 23.5 Å². The average molecular weight is 266 g/mol. The fourth-order valence-electron chi connectivity index (χ4n) is 4.41. The topological polar surface area (TPSA) is 92.4 Å². The van der Waals surface area contributed by atoms with Gasteiger partial charge >= 0.3 is 5.97 Å². The Morgan fingerprint density at radius 1 is 1.16 bits per heavy atom. The minimum Gasteiger partial charge on any atom is -0.480 e. The summed E-state index contributed by atoms with van der Waals surface area (Å²) in [5, 5.41) is 12.2. The lowest BCUT2D eigenvalue weighted by atomic mass is 9.83. The molecular formula is C14H22N2O3. The maximum absolute atomic E-state index is 12.5. The number of hydrogen-bond donors (Lipinski definition) is 3. The molecule has 0 aromatic rings. The first-order valence-corrected chi connectivity index (χ1v) is 7.34. The SMILES string of the molecule is NC1C2CCC(C2)C1C(=O)NC1(C(=O)O)CCCC1. The third-order valence-corrected chi connectivity index (χ3v) is 5.51. The van der Waals surface area contributed by atoms with Crippen molar-refractivity contribution in [3.8, 4) is 0 Å². The number of hydrogen-bond acceptors (Lipinski definition) is 3. The normalized spacial score (nSPS) is 39.4. The van der Waals surface area contributed by atoms with Crippen molar-refractivity contribution in [3.05, 3.63) is 0 Å². The van der Waals surface area contributed by atoms with Gasteiger partial charge in [-0.3, -0.25) is 4.79 Å². The summed E-state index contributed by atoms with van der Waals surface area (Å²) in [4.78, 5) is 23.9. The predicted octanol–water partition coefficient (Wildman–Crippen LogP) is 0.873. The van der Waals surface area contributed by atoms with Crippen LogP contribution >= 0.6 is 0 Å². The summed E-state index contributed by atoms with van der Waals surface area (Å²) in [6.07, 6.45) is 6.06. The molecule has 1 amide bonds. The van der Waals surface area contributed by atoms with E-state index in [-0.39, 0.29) is 17.9 Å². The highest BCUT2D eigenvalue weighted by molar-refractivity contribution is 5.89. The first-order valence-electron chi connectivity index (χ1n) is 7.34. The number of rotatable bonds is 3. The minimum absolute atomic E-state index is 0.0778. The van der Waals surface area contributed by atoms with E-state index in [0.29, 0.717) is 24.7 Å². The quantitative estimate of drug-likeness (QED) is 0.707. The van der Waals surface area contributed by atoms with Crippen molar-refractivity contribution in [1.29, 1.82) is 0 Å². The van der Waals surface area contributed by atoms with E-state index in [0.717, 1.165) is 32.1 Å². The van der Waals surface area contributed by atoms with Crippen LogP contribution in [0.2, 0.25) is 0 Å². The third-order valence-electron chi connectivity index (χ3n) is 5.51. The van der Waals surface area contributed by atoms with E-state index in [2.05, 4.69) is 5.32 Å². The minimum atomic E-state index is -1.03. The molecule has 0 saturated heterocycles. The summed E-state index contributed by atoms with van der Waals surface area (Å²) >= 11 is 0. The van der Waals surface area contributed by atoms with Gasteiger partial charge in [-0.2, -0.15) is 0 Å². The van der Waals surface area contributed by atoms with Gasteiger partial charge in [0.05, 0.1) is 5.92 Å². The van der Waals surface area contributed by atoms with Gasteiger partial charge in [0.1, 0.15) is 5.54 Å². The van der Waals surface area contributed by atoms with Gasteiger partial charge in [-0.15, -0.1) is 0 Å². The van der Waals surface area contributed by atoms with E-state index >= 15 is 0 Å². The molecule has 5 heteroatoms. The van der Waals surface area contributed by atoms with Gasteiger partial charge in [-0.05, 0) is 43.9 Å². The Kier molecular flexibility index (Phi) is 3.04. The molecule has 0 aromatic carbocycles. The van der Waals surface area contributed by atoms with Crippen LogP contribution in [-0.4, -0.2) is 28.6 Å². The number of amides is 1. The Labute approximate surface area is 112 Å². The van der Waals surface area contributed by atoms with Gasteiger partial charge < -0.3 is 16.2 Å². The summed E-state index contributed by atoms with van der Waals surface area (Å²) in [6.45, 7) is 0. The second-order valence-electron chi connectivity index (χ2n) is 6.52. The zero-order valence-corrected chi connectivity index (χ0v) is 11.1. The molecule has 5 nitrogen and oxygen atoms in total. The number of carboxylic acids is 1. The molecule has 0 spiro atoms. The predicted molar refractivity (Wildman–Crippen MR) is 69.3 cm³/mol.